The Bertz CT molecular complexity index is 640. The van der Waals surface area contributed by atoms with Crippen molar-refractivity contribution in [1.82, 2.24) is 5.32 Å². The number of rotatable bonds is 5. The highest BCUT2D eigenvalue weighted by molar-refractivity contribution is 6.00. The Kier molecular flexibility index (Phi) is 5.77. The Morgan fingerprint density at radius 2 is 2.08 bits per heavy atom. The summed E-state index contributed by atoms with van der Waals surface area (Å²) < 4.78 is 26.8. The summed E-state index contributed by atoms with van der Waals surface area (Å²) in [5, 5.41) is 2.77. The third kappa shape index (κ3) is 4.02. The minimum Gasteiger partial charge on any atom is -0.354 e. The maximum Gasteiger partial charge on any atom is 0.227 e. The van der Waals surface area contributed by atoms with Crippen LogP contribution >= 0.6 is 12.4 Å². The first-order valence-electron chi connectivity index (χ1n) is 7.74. The van der Waals surface area contributed by atoms with Gasteiger partial charge in [-0.25, -0.2) is 8.78 Å². The molecule has 24 heavy (non-hydrogen) atoms. The number of carbonyl (C=O) groups excluding carboxylic acids is 2. The van der Waals surface area contributed by atoms with Crippen LogP contribution in [-0.2, 0) is 9.59 Å². The molecule has 2 atom stereocenters. The van der Waals surface area contributed by atoms with Crippen LogP contribution in [0.4, 0.5) is 14.5 Å². The fourth-order valence-corrected chi connectivity index (χ4v) is 2.87. The SMILES string of the molecule is Cl.NC(CNC(=O)C1CC(=O)N(c2ccc(F)cc2F)C1)C1CC1. The van der Waals surface area contributed by atoms with Gasteiger partial charge >= 0.3 is 0 Å². The van der Waals surface area contributed by atoms with Crippen LogP contribution in [-0.4, -0.2) is 30.9 Å². The highest BCUT2D eigenvalue weighted by Gasteiger charge is 2.37. The molecule has 0 bridgehead atoms. The minimum atomic E-state index is -0.810. The lowest BCUT2D eigenvalue weighted by molar-refractivity contribution is -0.126. The molecule has 2 amide bonds. The lowest BCUT2D eigenvalue weighted by Crippen LogP contribution is -2.41. The van der Waals surface area contributed by atoms with Crippen LogP contribution in [0.15, 0.2) is 18.2 Å². The summed E-state index contributed by atoms with van der Waals surface area (Å²) in [5.74, 6) is -2.18. The Labute approximate surface area is 145 Å². The number of hydrogen-bond acceptors (Lipinski definition) is 3. The maximum atomic E-state index is 13.8. The Hall–Kier alpha value is -1.73. The normalized spacial score (nSPS) is 21.4. The third-order valence-electron chi connectivity index (χ3n) is 4.44. The molecule has 8 heteroatoms. The van der Waals surface area contributed by atoms with Gasteiger partial charge in [0.05, 0.1) is 11.6 Å². The van der Waals surface area contributed by atoms with E-state index in [1.54, 1.807) is 0 Å². The summed E-state index contributed by atoms with van der Waals surface area (Å²) in [7, 11) is 0. The number of anilines is 1. The van der Waals surface area contributed by atoms with Crippen molar-refractivity contribution in [3.63, 3.8) is 0 Å². The molecule has 1 saturated carbocycles. The van der Waals surface area contributed by atoms with E-state index in [0.717, 1.165) is 25.0 Å². The number of nitrogens with two attached hydrogens (primary N) is 1. The van der Waals surface area contributed by atoms with E-state index in [0.29, 0.717) is 12.5 Å². The van der Waals surface area contributed by atoms with Crippen molar-refractivity contribution in [3.05, 3.63) is 29.8 Å². The van der Waals surface area contributed by atoms with Crippen molar-refractivity contribution in [3.8, 4) is 0 Å². The van der Waals surface area contributed by atoms with Gasteiger partial charge in [-0.1, -0.05) is 0 Å². The summed E-state index contributed by atoms with van der Waals surface area (Å²) in [4.78, 5) is 25.4. The molecule has 2 aliphatic rings. The molecule has 3 rings (SSSR count). The first-order chi connectivity index (χ1) is 11.0. The van der Waals surface area contributed by atoms with Gasteiger partial charge < -0.3 is 16.0 Å². The van der Waals surface area contributed by atoms with Gasteiger partial charge in [-0.05, 0) is 30.9 Å². The van der Waals surface area contributed by atoms with Crippen molar-refractivity contribution in [2.45, 2.75) is 25.3 Å². The van der Waals surface area contributed by atoms with Crippen LogP contribution in [0.1, 0.15) is 19.3 Å². The van der Waals surface area contributed by atoms with Crippen molar-refractivity contribution in [2.24, 2.45) is 17.6 Å². The Morgan fingerprint density at radius 3 is 2.71 bits per heavy atom. The van der Waals surface area contributed by atoms with E-state index < -0.39 is 17.6 Å². The zero-order valence-electron chi connectivity index (χ0n) is 13.0. The van der Waals surface area contributed by atoms with Crippen LogP contribution < -0.4 is 16.0 Å². The van der Waals surface area contributed by atoms with E-state index in [2.05, 4.69) is 5.32 Å². The molecule has 1 aromatic rings. The summed E-state index contributed by atoms with van der Waals surface area (Å²) in [6, 6.07) is 2.98. The highest BCUT2D eigenvalue weighted by Crippen LogP contribution is 2.31. The molecule has 1 heterocycles. The van der Waals surface area contributed by atoms with Crippen LogP contribution in [0.2, 0.25) is 0 Å². The van der Waals surface area contributed by atoms with Crippen molar-refractivity contribution >= 4 is 29.9 Å². The molecule has 132 valence electrons. The number of amides is 2. The fourth-order valence-electron chi connectivity index (χ4n) is 2.87. The number of hydrogen-bond donors (Lipinski definition) is 2. The molecule has 1 aliphatic carbocycles. The molecular formula is C16H20ClF2N3O2. The van der Waals surface area contributed by atoms with Crippen LogP contribution in [0.3, 0.4) is 0 Å². The quantitative estimate of drug-likeness (QED) is 0.838. The lowest BCUT2D eigenvalue weighted by Gasteiger charge is -2.18. The molecule has 1 saturated heterocycles. The average Bonchev–Trinajstić information content (AvgIpc) is 3.28. The summed E-state index contributed by atoms with van der Waals surface area (Å²) in [6.45, 7) is 0.477. The predicted molar refractivity (Wildman–Crippen MR) is 87.8 cm³/mol. The van der Waals surface area contributed by atoms with E-state index in [1.165, 1.54) is 11.0 Å². The summed E-state index contributed by atoms with van der Waals surface area (Å²) in [6.07, 6.45) is 2.20. The van der Waals surface area contributed by atoms with E-state index in [4.69, 9.17) is 5.73 Å². The topological polar surface area (TPSA) is 75.4 Å². The molecule has 1 aromatic carbocycles. The van der Waals surface area contributed by atoms with Gasteiger partial charge in [0, 0.05) is 31.6 Å². The van der Waals surface area contributed by atoms with Gasteiger partial charge in [0.25, 0.3) is 0 Å². The predicted octanol–water partition coefficient (Wildman–Crippen LogP) is 1.59. The molecule has 0 aromatic heterocycles. The second-order valence-corrected chi connectivity index (χ2v) is 6.25. The standard InChI is InChI=1S/C16H19F2N3O2.ClH/c17-11-3-4-14(12(18)6-11)21-8-10(5-15(21)22)16(23)20-7-13(19)9-1-2-9;/h3-4,6,9-10,13H,1-2,5,7-8,19H2,(H,20,23);1H. The number of nitrogens with one attached hydrogen (secondary N) is 1. The zero-order valence-corrected chi connectivity index (χ0v) is 13.8. The molecule has 1 aliphatic heterocycles. The summed E-state index contributed by atoms with van der Waals surface area (Å²) >= 11 is 0. The molecule has 2 unspecified atom stereocenters. The third-order valence-corrected chi connectivity index (χ3v) is 4.44. The van der Waals surface area contributed by atoms with Crippen molar-refractivity contribution < 1.29 is 18.4 Å². The van der Waals surface area contributed by atoms with Crippen molar-refractivity contribution in [2.75, 3.05) is 18.0 Å². The first kappa shape index (κ1) is 18.6. The molecular weight excluding hydrogens is 340 g/mol. The van der Waals surface area contributed by atoms with Gasteiger partial charge in [0.15, 0.2) is 0 Å². The number of nitrogens with zero attached hydrogens (tertiary/aromatic N) is 1. The number of halogens is 3. The van der Waals surface area contributed by atoms with Crippen LogP contribution in [0, 0.1) is 23.5 Å². The summed E-state index contributed by atoms with van der Waals surface area (Å²) in [5.41, 5.74) is 5.93. The lowest BCUT2D eigenvalue weighted by atomic mass is 10.1. The van der Waals surface area contributed by atoms with Crippen LogP contribution in [0.25, 0.3) is 0 Å². The Morgan fingerprint density at radius 1 is 1.38 bits per heavy atom. The van der Waals surface area contributed by atoms with Gasteiger partial charge in [-0.3, -0.25) is 9.59 Å². The minimum absolute atomic E-state index is 0. The molecule has 2 fully saturated rings. The number of carbonyl (C=O) groups is 2. The van der Waals surface area contributed by atoms with E-state index in [1.807, 2.05) is 0 Å². The van der Waals surface area contributed by atoms with Gasteiger partial charge in [0.2, 0.25) is 11.8 Å². The fraction of sp³-hybridized carbons (Fsp3) is 0.500. The van der Waals surface area contributed by atoms with Gasteiger partial charge in [0.1, 0.15) is 11.6 Å². The molecule has 0 radical (unpaired) electrons. The Balaban J connectivity index is 0.00000208. The van der Waals surface area contributed by atoms with E-state index in [-0.39, 0.29) is 48.9 Å². The zero-order chi connectivity index (χ0) is 16.6. The maximum absolute atomic E-state index is 13.8. The van der Waals surface area contributed by atoms with Gasteiger partial charge in [-0.2, -0.15) is 0 Å². The smallest absolute Gasteiger partial charge is 0.227 e. The second-order valence-electron chi connectivity index (χ2n) is 6.25. The highest BCUT2D eigenvalue weighted by atomic mass is 35.5. The number of benzene rings is 1. The molecule has 0 spiro atoms. The molecule has 5 nitrogen and oxygen atoms in total. The molecule has 3 N–H and O–H groups in total. The van der Waals surface area contributed by atoms with Crippen molar-refractivity contribution in [1.29, 1.82) is 0 Å². The van der Waals surface area contributed by atoms with Crippen LogP contribution in [0.5, 0.6) is 0 Å². The van der Waals surface area contributed by atoms with E-state index >= 15 is 0 Å². The van der Waals surface area contributed by atoms with E-state index in [9.17, 15) is 18.4 Å². The largest absolute Gasteiger partial charge is 0.354 e. The average molecular weight is 360 g/mol. The monoisotopic (exact) mass is 359 g/mol. The second kappa shape index (κ2) is 7.44. The van der Waals surface area contributed by atoms with Gasteiger partial charge in [-0.15, -0.1) is 12.4 Å². The first-order valence-corrected chi connectivity index (χ1v) is 7.74.